The summed E-state index contributed by atoms with van der Waals surface area (Å²) in [6.07, 6.45) is 5.03. The minimum atomic E-state index is 0.250. The van der Waals surface area contributed by atoms with Crippen molar-refractivity contribution in [1.82, 2.24) is 15.1 Å². The van der Waals surface area contributed by atoms with Crippen molar-refractivity contribution in [3.05, 3.63) is 36.2 Å². The van der Waals surface area contributed by atoms with E-state index in [0.717, 1.165) is 23.6 Å². The summed E-state index contributed by atoms with van der Waals surface area (Å²) in [7, 11) is 3.66. The van der Waals surface area contributed by atoms with E-state index in [9.17, 15) is 0 Å². The molecule has 0 aliphatic carbocycles. The lowest BCUT2D eigenvalue weighted by Crippen LogP contribution is -2.20. The summed E-state index contributed by atoms with van der Waals surface area (Å²) in [5.74, 6) is 0.931. The van der Waals surface area contributed by atoms with Gasteiger partial charge in [0, 0.05) is 29.7 Å². The first-order chi connectivity index (χ1) is 10.2. The van der Waals surface area contributed by atoms with Crippen LogP contribution in [-0.4, -0.2) is 23.4 Å². The Morgan fingerprint density at radius 2 is 2.24 bits per heavy atom. The molecule has 4 nitrogen and oxygen atoms in total. The second-order valence-electron chi connectivity index (χ2n) is 5.00. The first-order valence-electron chi connectivity index (χ1n) is 7.22. The summed E-state index contributed by atoms with van der Waals surface area (Å²) >= 11 is 1.72. The van der Waals surface area contributed by atoms with Crippen LogP contribution in [0.1, 0.15) is 31.9 Å². The Hall–Kier alpha value is -1.46. The van der Waals surface area contributed by atoms with Crippen LogP contribution in [0, 0.1) is 0 Å². The third kappa shape index (κ3) is 4.02. The molecule has 5 heteroatoms. The zero-order chi connectivity index (χ0) is 15.2. The minimum absolute atomic E-state index is 0.250. The van der Waals surface area contributed by atoms with E-state index in [1.165, 1.54) is 10.5 Å². The van der Waals surface area contributed by atoms with Gasteiger partial charge in [-0.3, -0.25) is 4.68 Å². The number of ether oxygens (including phenoxy) is 1. The van der Waals surface area contributed by atoms with Gasteiger partial charge in [-0.15, -0.1) is 0 Å². The molecular formula is C16H23N3OS. The molecule has 1 aromatic heterocycles. The molecule has 1 atom stereocenters. The third-order valence-electron chi connectivity index (χ3n) is 3.29. The van der Waals surface area contributed by atoms with E-state index in [0.29, 0.717) is 0 Å². The third-order valence-corrected chi connectivity index (χ3v) is 4.31. The zero-order valence-corrected chi connectivity index (χ0v) is 13.9. The van der Waals surface area contributed by atoms with E-state index in [1.54, 1.807) is 18.9 Å². The second-order valence-corrected chi connectivity index (χ2v) is 6.12. The van der Waals surface area contributed by atoms with Crippen LogP contribution in [0.4, 0.5) is 0 Å². The van der Waals surface area contributed by atoms with Gasteiger partial charge in [0.2, 0.25) is 0 Å². The van der Waals surface area contributed by atoms with Crippen molar-refractivity contribution in [1.29, 1.82) is 0 Å². The number of aromatic nitrogens is 2. The minimum Gasteiger partial charge on any atom is -0.496 e. The average molecular weight is 305 g/mol. The number of nitrogens with one attached hydrogen (secondary N) is 1. The molecule has 1 heterocycles. The average Bonchev–Trinajstić information content (AvgIpc) is 2.89. The highest BCUT2D eigenvalue weighted by molar-refractivity contribution is 7.99. The number of benzene rings is 1. The van der Waals surface area contributed by atoms with Gasteiger partial charge in [-0.1, -0.05) is 24.8 Å². The molecule has 0 amide bonds. The summed E-state index contributed by atoms with van der Waals surface area (Å²) < 4.78 is 7.38. The van der Waals surface area contributed by atoms with E-state index in [2.05, 4.69) is 30.3 Å². The van der Waals surface area contributed by atoms with Crippen LogP contribution in [-0.2, 0) is 7.05 Å². The molecule has 1 N–H and O–H groups in total. The monoisotopic (exact) mass is 305 g/mol. The van der Waals surface area contributed by atoms with E-state index in [1.807, 2.05) is 36.3 Å². The van der Waals surface area contributed by atoms with Gasteiger partial charge in [0.15, 0.2) is 0 Å². The van der Waals surface area contributed by atoms with Gasteiger partial charge in [0.1, 0.15) is 5.75 Å². The fourth-order valence-corrected chi connectivity index (χ4v) is 3.35. The van der Waals surface area contributed by atoms with Gasteiger partial charge in [-0.05, 0) is 32.0 Å². The lowest BCUT2D eigenvalue weighted by Gasteiger charge is -2.20. The van der Waals surface area contributed by atoms with Crippen LogP contribution in [0.25, 0.3) is 0 Å². The molecule has 0 bridgehead atoms. The summed E-state index contributed by atoms with van der Waals surface area (Å²) in [4.78, 5) is 2.34. The van der Waals surface area contributed by atoms with Crippen LogP contribution < -0.4 is 10.1 Å². The molecule has 0 aliphatic heterocycles. The number of rotatable bonds is 7. The van der Waals surface area contributed by atoms with Crippen molar-refractivity contribution in [2.24, 2.45) is 7.05 Å². The Kier molecular flexibility index (Phi) is 5.70. The summed E-state index contributed by atoms with van der Waals surface area (Å²) in [5.41, 5.74) is 1.21. The highest BCUT2D eigenvalue weighted by Crippen LogP contribution is 2.38. The predicted molar refractivity (Wildman–Crippen MR) is 87.0 cm³/mol. The van der Waals surface area contributed by atoms with Crippen LogP contribution >= 0.6 is 11.8 Å². The van der Waals surface area contributed by atoms with Gasteiger partial charge in [0.05, 0.1) is 18.2 Å². The van der Waals surface area contributed by atoms with Gasteiger partial charge >= 0.3 is 0 Å². The summed E-state index contributed by atoms with van der Waals surface area (Å²) in [5, 5.41) is 7.77. The smallest absolute Gasteiger partial charge is 0.124 e. The van der Waals surface area contributed by atoms with E-state index >= 15 is 0 Å². The number of methoxy groups -OCH3 is 1. The molecule has 2 rings (SSSR count). The second kappa shape index (κ2) is 7.52. The van der Waals surface area contributed by atoms with Crippen molar-refractivity contribution in [3.63, 3.8) is 0 Å². The van der Waals surface area contributed by atoms with Crippen molar-refractivity contribution in [2.75, 3.05) is 13.7 Å². The van der Waals surface area contributed by atoms with Crippen LogP contribution in [0.5, 0.6) is 5.75 Å². The molecule has 0 saturated heterocycles. The van der Waals surface area contributed by atoms with Crippen molar-refractivity contribution < 1.29 is 4.74 Å². The quantitative estimate of drug-likeness (QED) is 0.847. The Balaban J connectivity index is 2.30. The molecule has 1 aromatic carbocycles. The Bertz CT molecular complexity index is 583. The van der Waals surface area contributed by atoms with Gasteiger partial charge in [0.25, 0.3) is 0 Å². The maximum absolute atomic E-state index is 5.56. The van der Waals surface area contributed by atoms with E-state index < -0.39 is 0 Å². The van der Waals surface area contributed by atoms with E-state index in [-0.39, 0.29) is 6.04 Å². The molecule has 0 fully saturated rings. The van der Waals surface area contributed by atoms with Crippen molar-refractivity contribution in [3.8, 4) is 5.75 Å². The van der Waals surface area contributed by atoms with Gasteiger partial charge in [-0.25, -0.2) is 0 Å². The molecule has 0 spiro atoms. The number of aryl methyl sites for hydroxylation is 1. The Labute approximate surface area is 130 Å². The summed E-state index contributed by atoms with van der Waals surface area (Å²) in [6, 6.07) is 6.44. The number of nitrogens with zero attached hydrogens (tertiary/aromatic N) is 2. The predicted octanol–water partition coefficient (Wildman–Crippen LogP) is 3.64. The molecular weight excluding hydrogens is 282 g/mol. The molecule has 0 aliphatic rings. The van der Waals surface area contributed by atoms with Crippen LogP contribution in [0.3, 0.4) is 0 Å². The topological polar surface area (TPSA) is 39.1 Å². The lowest BCUT2D eigenvalue weighted by atomic mass is 10.1. The lowest BCUT2D eigenvalue weighted by molar-refractivity contribution is 0.399. The Morgan fingerprint density at radius 1 is 1.43 bits per heavy atom. The van der Waals surface area contributed by atoms with Gasteiger partial charge in [-0.2, -0.15) is 5.10 Å². The van der Waals surface area contributed by atoms with Gasteiger partial charge < -0.3 is 10.1 Å². The van der Waals surface area contributed by atoms with Crippen molar-refractivity contribution >= 4 is 11.8 Å². The molecule has 0 radical (unpaired) electrons. The van der Waals surface area contributed by atoms with Crippen molar-refractivity contribution in [2.45, 2.75) is 36.1 Å². The first kappa shape index (κ1) is 15.9. The van der Waals surface area contributed by atoms with Crippen LogP contribution in [0.15, 0.2) is 40.4 Å². The maximum Gasteiger partial charge on any atom is 0.124 e. The number of hydrogen-bond acceptors (Lipinski definition) is 4. The highest BCUT2D eigenvalue weighted by Gasteiger charge is 2.16. The first-order valence-corrected chi connectivity index (χ1v) is 8.04. The molecule has 2 aromatic rings. The molecule has 1 unspecified atom stereocenters. The SMILES string of the molecule is CCCNC(C)c1c(OC)cccc1Sc1cnn(C)c1. The van der Waals surface area contributed by atoms with E-state index in [4.69, 9.17) is 4.74 Å². The molecule has 0 saturated carbocycles. The normalized spacial score (nSPS) is 12.4. The highest BCUT2D eigenvalue weighted by atomic mass is 32.2. The maximum atomic E-state index is 5.56. The van der Waals surface area contributed by atoms with Crippen LogP contribution in [0.2, 0.25) is 0 Å². The molecule has 114 valence electrons. The molecule has 21 heavy (non-hydrogen) atoms. The fraction of sp³-hybridized carbons (Fsp3) is 0.438. The zero-order valence-electron chi connectivity index (χ0n) is 13.1. The Morgan fingerprint density at radius 3 is 2.86 bits per heavy atom. The summed E-state index contributed by atoms with van der Waals surface area (Å²) in [6.45, 7) is 5.35. The number of hydrogen-bond donors (Lipinski definition) is 1. The fourth-order valence-electron chi connectivity index (χ4n) is 2.26. The standard InChI is InChI=1S/C16H23N3OS/c1-5-9-17-12(2)16-14(20-4)7-6-8-15(16)21-13-10-18-19(3)11-13/h6-8,10-12,17H,5,9H2,1-4H3. The largest absolute Gasteiger partial charge is 0.496 e.